The molecule has 1 saturated heterocycles. The predicted octanol–water partition coefficient (Wildman–Crippen LogP) is 2.47. The maximum absolute atomic E-state index is 13.2. The van der Waals surface area contributed by atoms with Crippen molar-refractivity contribution in [2.24, 2.45) is 7.05 Å². The first kappa shape index (κ1) is 20.9. The quantitative estimate of drug-likeness (QED) is 0.751. The molecule has 0 aliphatic carbocycles. The van der Waals surface area contributed by atoms with Crippen molar-refractivity contribution in [2.75, 3.05) is 24.9 Å². The number of methoxy groups -OCH3 is 1. The molecular weight excluding hydrogens is 394 g/mol. The van der Waals surface area contributed by atoms with Gasteiger partial charge in [-0.05, 0) is 51.0 Å². The number of benzene rings is 1. The minimum atomic E-state index is -4.02. The molecule has 1 N–H and O–H groups in total. The van der Waals surface area contributed by atoms with Crippen molar-refractivity contribution in [3.8, 4) is 0 Å². The van der Waals surface area contributed by atoms with E-state index in [4.69, 9.17) is 0 Å². The van der Waals surface area contributed by atoms with E-state index in [1.165, 1.54) is 31.4 Å². The minimum Gasteiger partial charge on any atom is -0.465 e. The lowest BCUT2D eigenvalue weighted by molar-refractivity contribution is 0.0600. The highest BCUT2D eigenvalue weighted by Gasteiger charge is 2.33. The highest BCUT2D eigenvalue weighted by Crippen LogP contribution is 2.30. The second-order valence-corrected chi connectivity index (χ2v) is 8.73. The molecular formula is C20H25N3O5S. The van der Waals surface area contributed by atoms with E-state index in [0.29, 0.717) is 30.0 Å². The number of anilines is 1. The molecule has 1 aliphatic heterocycles. The van der Waals surface area contributed by atoms with E-state index in [1.54, 1.807) is 30.4 Å². The maximum Gasteiger partial charge on any atom is 0.337 e. The van der Waals surface area contributed by atoms with Crippen molar-refractivity contribution in [3.63, 3.8) is 0 Å². The van der Waals surface area contributed by atoms with Gasteiger partial charge >= 0.3 is 5.97 Å². The van der Waals surface area contributed by atoms with Gasteiger partial charge < -0.3 is 14.2 Å². The van der Waals surface area contributed by atoms with Crippen LogP contribution in [-0.2, 0) is 21.8 Å². The van der Waals surface area contributed by atoms with Crippen LogP contribution >= 0.6 is 0 Å². The molecule has 1 fully saturated rings. The van der Waals surface area contributed by atoms with E-state index < -0.39 is 16.0 Å². The van der Waals surface area contributed by atoms with Crippen LogP contribution in [0.1, 0.15) is 44.9 Å². The number of hydrogen-bond acceptors (Lipinski definition) is 5. The Morgan fingerprint density at radius 2 is 1.62 bits per heavy atom. The van der Waals surface area contributed by atoms with Crippen LogP contribution < -0.4 is 4.72 Å². The molecule has 1 amide bonds. The number of nitrogens with one attached hydrogen (secondary N) is 1. The smallest absolute Gasteiger partial charge is 0.337 e. The number of ether oxygens (including phenoxy) is 1. The summed E-state index contributed by atoms with van der Waals surface area (Å²) in [4.78, 5) is 26.3. The summed E-state index contributed by atoms with van der Waals surface area (Å²) in [5.74, 6) is -0.766. The summed E-state index contributed by atoms with van der Waals surface area (Å²) < 4.78 is 35.3. The molecule has 156 valence electrons. The first-order valence-electron chi connectivity index (χ1n) is 9.33. The molecule has 0 atom stereocenters. The Kier molecular flexibility index (Phi) is 5.70. The Morgan fingerprint density at radius 3 is 2.17 bits per heavy atom. The van der Waals surface area contributed by atoms with Crippen LogP contribution in [0.25, 0.3) is 0 Å². The normalized spacial score (nSPS) is 14.1. The van der Waals surface area contributed by atoms with Gasteiger partial charge in [0.25, 0.3) is 15.9 Å². The van der Waals surface area contributed by atoms with Crippen LogP contribution in [0.15, 0.2) is 29.2 Å². The molecule has 1 aromatic heterocycles. The minimum absolute atomic E-state index is 0.00792. The molecule has 29 heavy (non-hydrogen) atoms. The number of nitrogens with zero attached hydrogens (tertiary/aromatic N) is 2. The Bertz CT molecular complexity index is 1050. The van der Waals surface area contributed by atoms with Crippen LogP contribution in [0.2, 0.25) is 0 Å². The summed E-state index contributed by atoms with van der Waals surface area (Å²) in [6.07, 6.45) is 1.84. The molecule has 0 unspecified atom stereocenters. The predicted molar refractivity (Wildman–Crippen MR) is 109 cm³/mol. The number of rotatable bonds is 5. The maximum atomic E-state index is 13.2. The van der Waals surface area contributed by atoms with Gasteiger partial charge in [0.2, 0.25) is 0 Å². The van der Waals surface area contributed by atoms with Gasteiger partial charge in [-0.2, -0.15) is 0 Å². The fraction of sp³-hybridized carbons (Fsp3) is 0.400. The molecule has 1 aliphatic rings. The Balaban J connectivity index is 1.99. The van der Waals surface area contributed by atoms with Gasteiger partial charge in [-0.1, -0.05) is 0 Å². The molecule has 0 bridgehead atoms. The molecule has 2 aromatic rings. The summed E-state index contributed by atoms with van der Waals surface area (Å²) in [5, 5.41) is 0. The highest BCUT2D eigenvalue weighted by atomic mass is 32.2. The molecule has 0 saturated carbocycles. The lowest BCUT2D eigenvalue weighted by Crippen LogP contribution is -2.30. The summed E-state index contributed by atoms with van der Waals surface area (Å²) in [5.41, 5.74) is 1.92. The fourth-order valence-corrected chi connectivity index (χ4v) is 5.15. The van der Waals surface area contributed by atoms with E-state index in [9.17, 15) is 18.0 Å². The molecule has 1 aromatic carbocycles. The van der Waals surface area contributed by atoms with Crippen molar-refractivity contribution >= 4 is 27.6 Å². The number of aromatic nitrogens is 1. The topological polar surface area (TPSA) is 97.7 Å². The largest absolute Gasteiger partial charge is 0.465 e. The molecule has 0 spiro atoms. The average Bonchev–Trinajstić information content (AvgIpc) is 3.31. The van der Waals surface area contributed by atoms with Crippen LogP contribution in [0.3, 0.4) is 0 Å². The third-order valence-corrected chi connectivity index (χ3v) is 6.90. The number of hydrogen-bond donors (Lipinski definition) is 1. The molecule has 8 nitrogen and oxygen atoms in total. The second-order valence-electron chi connectivity index (χ2n) is 7.11. The summed E-state index contributed by atoms with van der Waals surface area (Å²) >= 11 is 0. The summed E-state index contributed by atoms with van der Waals surface area (Å²) in [6, 6.07) is 5.92. The third-order valence-electron chi connectivity index (χ3n) is 5.36. The van der Waals surface area contributed by atoms with Crippen molar-refractivity contribution in [3.05, 3.63) is 46.8 Å². The van der Waals surface area contributed by atoms with Gasteiger partial charge in [-0.3, -0.25) is 9.52 Å². The van der Waals surface area contributed by atoms with Gasteiger partial charge in [-0.15, -0.1) is 0 Å². The van der Waals surface area contributed by atoms with Crippen LogP contribution in [0, 0.1) is 13.8 Å². The summed E-state index contributed by atoms with van der Waals surface area (Å²) in [7, 11) is -1.00. The van der Waals surface area contributed by atoms with Crippen molar-refractivity contribution in [1.82, 2.24) is 9.47 Å². The zero-order valence-corrected chi connectivity index (χ0v) is 17.8. The fourth-order valence-electron chi connectivity index (χ4n) is 3.57. The Morgan fingerprint density at radius 1 is 1.03 bits per heavy atom. The van der Waals surface area contributed by atoms with E-state index in [-0.39, 0.29) is 22.1 Å². The van der Waals surface area contributed by atoms with E-state index in [0.717, 1.165) is 12.8 Å². The van der Waals surface area contributed by atoms with Crippen LogP contribution in [0.5, 0.6) is 0 Å². The van der Waals surface area contributed by atoms with Crippen LogP contribution in [-0.4, -0.2) is 50.0 Å². The zero-order valence-electron chi connectivity index (χ0n) is 17.0. The number of sulfonamides is 1. The average molecular weight is 420 g/mol. The first-order chi connectivity index (χ1) is 13.7. The van der Waals surface area contributed by atoms with E-state index >= 15 is 0 Å². The van der Waals surface area contributed by atoms with Gasteiger partial charge in [0, 0.05) is 37.2 Å². The number of likely N-dealkylation sites (tertiary alicyclic amines) is 1. The van der Waals surface area contributed by atoms with Crippen molar-refractivity contribution in [1.29, 1.82) is 0 Å². The van der Waals surface area contributed by atoms with Crippen molar-refractivity contribution < 1.29 is 22.7 Å². The van der Waals surface area contributed by atoms with Gasteiger partial charge in [0.1, 0.15) is 4.90 Å². The number of amides is 1. The lowest BCUT2D eigenvalue weighted by Gasteiger charge is -2.17. The second kappa shape index (κ2) is 7.90. The van der Waals surface area contributed by atoms with Gasteiger partial charge in [0.05, 0.1) is 18.2 Å². The Labute approximate surface area is 170 Å². The van der Waals surface area contributed by atoms with Gasteiger partial charge in [-0.25, -0.2) is 13.2 Å². The van der Waals surface area contributed by atoms with E-state index in [1.807, 2.05) is 0 Å². The number of carbonyl (C=O) groups is 2. The third kappa shape index (κ3) is 3.87. The molecule has 3 rings (SSSR count). The molecule has 9 heteroatoms. The molecule has 0 radical (unpaired) electrons. The first-order valence-corrected chi connectivity index (χ1v) is 10.8. The Hall–Kier alpha value is -2.81. The SMILES string of the molecule is COC(=O)c1ccc(NS(=O)(=O)c2c(C(=O)N3CCCC3)c(C)n(C)c2C)cc1. The monoisotopic (exact) mass is 419 g/mol. The summed E-state index contributed by atoms with van der Waals surface area (Å²) in [6.45, 7) is 4.70. The lowest BCUT2D eigenvalue weighted by atomic mass is 10.2. The molecule has 2 heterocycles. The number of esters is 1. The zero-order chi connectivity index (χ0) is 21.3. The highest BCUT2D eigenvalue weighted by molar-refractivity contribution is 7.92. The number of carbonyl (C=O) groups excluding carboxylic acids is 2. The van der Waals surface area contributed by atoms with Crippen LogP contribution in [0.4, 0.5) is 5.69 Å². The van der Waals surface area contributed by atoms with Gasteiger partial charge in [0.15, 0.2) is 0 Å². The van der Waals surface area contributed by atoms with E-state index in [2.05, 4.69) is 9.46 Å². The van der Waals surface area contributed by atoms with Crippen molar-refractivity contribution in [2.45, 2.75) is 31.6 Å². The standard InChI is InChI=1S/C20H25N3O5S/c1-13-17(19(24)23-11-5-6-12-23)18(14(2)22(13)3)29(26,27)21-16-9-7-15(8-10-16)20(25)28-4/h7-10,21H,5-6,11-12H2,1-4H3.